The highest BCUT2D eigenvalue weighted by Gasteiger charge is 2.30. The van der Waals surface area contributed by atoms with E-state index in [1.54, 1.807) is 0 Å². The van der Waals surface area contributed by atoms with E-state index in [9.17, 15) is 0 Å². The molecule has 0 heterocycles. The summed E-state index contributed by atoms with van der Waals surface area (Å²) in [6.07, 6.45) is 5.64. The molecule has 1 aromatic rings. The molecule has 2 aliphatic rings. The zero-order valence-corrected chi connectivity index (χ0v) is 14.0. The molecule has 0 aliphatic heterocycles. The Bertz CT molecular complexity index is 464. The van der Waals surface area contributed by atoms with Gasteiger partial charge in [-0.15, -0.1) is 0 Å². The monoisotopic (exact) mass is 306 g/mol. The van der Waals surface area contributed by atoms with Crippen molar-refractivity contribution in [1.29, 1.82) is 0 Å². The zero-order valence-electron chi connectivity index (χ0n) is 13.2. The van der Waals surface area contributed by atoms with Gasteiger partial charge in [0.1, 0.15) is 0 Å². The lowest BCUT2D eigenvalue weighted by molar-refractivity contribution is 0.586. The zero-order chi connectivity index (χ0) is 14.8. The van der Waals surface area contributed by atoms with Crippen LogP contribution in [-0.2, 0) is 6.54 Å². The third-order valence-corrected chi connectivity index (χ3v) is 4.67. The molecule has 3 rings (SSSR count). The number of halogens is 1. The van der Waals surface area contributed by atoms with Crippen LogP contribution in [0.15, 0.2) is 18.2 Å². The fourth-order valence-electron chi connectivity index (χ4n) is 2.81. The Kier molecular flexibility index (Phi) is 4.75. The van der Waals surface area contributed by atoms with E-state index in [0.29, 0.717) is 6.04 Å². The van der Waals surface area contributed by atoms with E-state index in [0.717, 1.165) is 23.4 Å². The van der Waals surface area contributed by atoms with Crippen LogP contribution in [0.25, 0.3) is 0 Å². The van der Waals surface area contributed by atoms with Crippen LogP contribution in [0, 0.1) is 11.8 Å². The SMILES string of the molecule is CC(C)NCc1cc(Cl)ccc1N(CC1CC1)CC1CC1. The number of benzene rings is 1. The normalized spacial score (nSPS) is 18.3. The largest absolute Gasteiger partial charge is 0.371 e. The van der Waals surface area contributed by atoms with Crippen LogP contribution in [-0.4, -0.2) is 19.1 Å². The highest BCUT2D eigenvalue weighted by Crippen LogP contribution is 2.37. The molecule has 0 aromatic heterocycles. The quantitative estimate of drug-likeness (QED) is 0.762. The molecule has 2 fully saturated rings. The first-order valence-electron chi connectivity index (χ1n) is 8.38. The average Bonchev–Trinajstić information content (AvgIpc) is 3.31. The molecular formula is C18H27ClN2. The number of nitrogens with one attached hydrogen (secondary N) is 1. The maximum Gasteiger partial charge on any atom is 0.0413 e. The van der Waals surface area contributed by atoms with E-state index < -0.39 is 0 Å². The van der Waals surface area contributed by atoms with Crippen LogP contribution in [0.1, 0.15) is 45.1 Å². The van der Waals surface area contributed by atoms with Gasteiger partial charge in [0.05, 0.1) is 0 Å². The lowest BCUT2D eigenvalue weighted by Gasteiger charge is -2.28. The van der Waals surface area contributed by atoms with E-state index in [-0.39, 0.29) is 0 Å². The minimum Gasteiger partial charge on any atom is -0.371 e. The molecule has 0 unspecified atom stereocenters. The summed E-state index contributed by atoms with van der Waals surface area (Å²) in [5.41, 5.74) is 2.74. The van der Waals surface area contributed by atoms with Gasteiger partial charge in [0, 0.05) is 36.4 Å². The van der Waals surface area contributed by atoms with E-state index in [1.807, 2.05) is 6.07 Å². The van der Waals surface area contributed by atoms with Gasteiger partial charge in [0.25, 0.3) is 0 Å². The van der Waals surface area contributed by atoms with Gasteiger partial charge in [-0.1, -0.05) is 25.4 Å². The number of rotatable bonds is 8. The Labute approximate surface area is 133 Å². The van der Waals surface area contributed by atoms with Crippen molar-refractivity contribution >= 4 is 17.3 Å². The Balaban J connectivity index is 1.78. The second-order valence-corrected chi connectivity index (χ2v) is 7.54. The van der Waals surface area contributed by atoms with E-state index in [4.69, 9.17) is 11.6 Å². The van der Waals surface area contributed by atoms with Crippen molar-refractivity contribution in [1.82, 2.24) is 5.32 Å². The Morgan fingerprint density at radius 3 is 2.29 bits per heavy atom. The van der Waals surface area contributed by atoms with E-state index in [2.05, 4.69) is 36.2 Å². The molecule has 2 nitrogen and oxygen atoms in total. The van der Waals surface area contributed by atoms with Crippen LogP contribution >= 0.6 is 11.6 Å². The molecule has 1 N–H and O–H groups in total. The highest BCUT2D eigenvalue weighted by molar-refractivity contribution is 6.30. The molecule has 2 aliphatic carbocycles. The standard InChI is InChI=1S/C18H27ClN2/c1-13(2)20-10-16-9-17(19)7-8-18(16)21(11-14-3-4-14)12-15-5-6-15/h7-9,13-15,20H,3-6,10-12H2,1-2H3. The second kappa shape index (κ2) is 6.58. The van der Waals surface area contributed by atoms with Gasteiger partial charge in [0.2, 0.25) is 0 Å². The maximum absolute atomic E-state index is 6.23. The van der Waals surface area contributed by atoms with Crippen LogP contribution in [0.4, 0.5) is 5.69 Å². The van der Waals surface area contributed by atoms with Gasteiger partial charge < -0.3 is 10.2 Å². The number of anilines is 1. The molecule has 3 heteroatoms. The molecule has 0 amide bonds. The predicted molar refractivity (Wildman–Crippen MR) is 91.1 cm³/mol. The summed E-state index contributed by atoms with van der Waals surface area (Å²) in [5.74, 6) is 1.84. The summed E-state index contributed by atoms with van der Waals surface area (Å²) in [6.45, 7) is 7.74. The molecule has 2 saturated carbocycles. The summed E-state index contributed by atoms with van der Waals surface area (Å²) < 4.78 is 0. The molecule has 0 spiro atoms. The molecule has 1 aromatic carbocycles. The maximum atomic E-state index is 6.23. The first-order valence-corrected chi connectivity index (χ1v) is 8.76. The predicted octanol–water partition coefficient (Wildman–Crippen LogP) is 4.46. The lowest BCUT2D eigenvalue weighted by Crippen LogP contribution is -2.30. The minimum atomic E-state index is 0.497. The number of hydrogen-bond acceptors (Lipinski definition) is 2. The van der Waals surface area contributed by atoms with Gasteiger partial charge in [-0.25, -0.2) is 0 Å². The van der Waals surface area contributed by atoms with Crippen molar-refractivity contribution in [3.05, 3.63) is 28.8 Å². The molecule has 21 heavy (non-hydrogen) atoms. The Morgan fingerprint density at radius 2 is 1.76 bits per heavy atom. The number of hydrogen-bond donors (Lipinski definition) is 1. The van der Waals surface area contributed by atoms with Crippen LogP contribution in [0.2, 0.25) is 5.02 Å². The van der Waals surface area contributed by atoms with Gasteiger partial charge >= 0.3 is 0 Å². The molecule has 0 radical (unpaired) electrons. The third kappa shape index (κ3) is 4.62. The van der Waals surface area contributed by atoms with Crippen molar-refractivity contribution in [2.45, 2.75) is 52.1 Å². The second-order valence-electron chi connectivity index (χ2n) is 7.10. The first kappa shape index (κ1) is 15.2. The van der Waals surface area contributed by atoms with Gasteiger partial charge in [-0.05, 0) is 61.3 Å². The first-order chi connectivity index (χ1) is 10.1. The smallest absolute Gasteiger partial charge is 0.0413 e. The third-order valence-electron chi connectivity index (χ3n) is 4.43. The van der Waals surface area contributed by atoms with Gasteiger partial charge in [-0.2, -0.15) is 0 Å². The molecule has 0 saturated heterocycles. The summed E-state index contributed by atoms with van der Waals surface area (Å²) >= 11 is 6.23. The molecule has 0 atom stereocenters. The van der Waals surface area contributed by atoms with Crippen LogP contribution in [0.5, 0.6) is 0 Å². The summed E-state index contributed by atoms with van der Waals surface area (Å²) in [6, 6.07) is 6.91. The van der Waals surface area contributed by atoms with E-state index >= 15 is 0 Å². The van der Waals surface area contributed by atoms with Gasteiger partial charge in [-0.3, -0.25) is 0 Å². The lowest BCUT2D eigenvalue weighted by atomic mass is 10.1. The average molecular weight is 307 g/mol. The number of nitrogens with zero attached hydrogens (tertiary/aromatic N) is 1. The fourth-order valence-corrected chi connectivity index (χ4v) is 3.01. The van der Waals surface area contributed by atoms with Crippen molar-refractivity contribution in [3.8, 4) is 0 Å². The van der Waals surface area contributed by atoms with Crippen molar-refractivity contribution < 1.29 is 0 Å². The summed E-state index contributed by atoms with van der Waals surface area (Å²) in [4.78, 5) is 2.63. The molecule has 116 valence electrons. The highest BCUT2D eigenvalue weighted by atomic mass is 35.5. The van der Waals surface area contributed by atoms with Crippen LogP contribution < -0.4 is 10.2 Å². The van der Waals surface area contributed by atoms with E-state index in [1.165, 1.54) is 50.0 Å². The summed E-state index contributed by atoms with van der Waals surface area (Å²) in [5, 5.41) is 4.38. The molecular weight excluding hydrogens is 280 g/mol. The Morgan fingerprint density at radius 1 is 1.14 bits per heavy atom. The molecule has 0 bridgehead atoms. The van der Waals surface area contributed by atoms with Gasteiger partial charge in [0.15, 0.2) is 0 Å². The minimum absolute atomic E-state index is 0.497. The van der Waals surface area contributed by atoms with Crippen LogP contribution in [0.3, 0.4) is 0 Å². The summed E-state index contributed by atoms with van der Waals surface area (Å²) in [7, 11) is 0. The fraction of sp³-hybridized carbons (Fsp3) is 0.667. The Hall–Kier alpha value is -0.730. The van der Waals surface area contributed by atoms with Crippen molar-refractivity contribution in [2.75, 3.05) is 18.0 Å². The topological polar surface area (TPSA) is 15.3 Å². The van der Waals surface area contributed by atoms with Crippen molar-refractivity contribution in [3.63, 3.8) is 0 Å². The van der Waals surface area contributed by atoms with Crippen molar-refractivity contribution in [2.24, 2.45) is 11.8 Å².